The Morgan fingerprint density at radius 2 is 1.94 bits per heavy atom. The van der Waals surface area contributed by atoms with Crippen molar-refractivity contribution in [1.29, 1.82) is 0 Å². The second-order valence-corrected chi connectivity index (χ2v) is 9.52. The van der Waals surface area contributed by atoms with Gasteiger partial charge in [-0.1, -0.05) is 18.2 Å². The number of primary amides is 1. The molecule has 3 N–H and O–H groups in total. The predicted octanol–water partition coefficient (Wildman–Crippen LogP) is 2.59. The van der Waals surface area contributed by atoms with Crippen molar-refractivity contribution in [2.24, 2.45) is 5.73 Å². The Morgan fingerprint density at radius 1 is 1.12 bits per heavy atom. The maximum absolute atomic E-state index is 13.7. The Morgan fingerprint density at radius 3 is 2.70 bits per heavy atom. The fraction of sp³-hybridized carbons (Fsp3) is 0.136. The van der Waals surface area contributed by atoms with Crippen molar-refractivity contribution < 1.29 is 22.4 Å². The van der Waals surface area contributed by atoms with Crippen molar-refractivity contribution in [2.45, 2.75) is 18.0 Å². The summed E-state index contributed by atoms with van der Waals surface area (Å²) in [5.74, 6) is -1.20. The number of nitrogens with two attached hydrogens (primary N) is 1. The lowest BCUT2D eigenvalue weighted by atomic mass is 10.0. The van der Waals surface area contributed by atoms with Gasteiger partial charge in [0.15, 0.2) is 0 Å². The summed E-state index contributed by atoms with van der Waals surface area (Å²) in [6.45, 7) is 0.657. The molecule has 33 heavy (non-hydrogen) atoms. The molecule has 11 heteroatoms. The van der Waals surface area contributed by atoms with Crippen molar-refractivity contribution in [2.75, 3.05) is 11.9 Å². The van der Waals surface area contributed by atoms with Crippen molar-refractivity contribution in [3.8, 4) is 11.3 Å². The fourth-order valence-corrected chi connectivity index (χ4v) is 5.25. The average molecular weight is 467 g/mol. The van der Waals surface area contributed by atoms with E-state index in [0.29, 0.717) is 35.6 Å². The Bertz CT molecular complexity index is 1460. The number of benzene rings is 2. The van der Waals surface area contributed by atoms with Crippen LogP contribution in [0, 0.1) is 5.82 Å². The smallest absolute Gasteiger partial charge is 0.322 e. The first-order chi connectivity index (χ1) is 15.7. The molecular formula is C22H18FN5O4S. The number of anilines is 1. The third-order valence-corrected chi connectivity index (χ3v) is 7.07. The normalized spacial score (nSPS) is 15.7. The highest BCUT2D eigenvalue weighted by atomic mass is 32.2. The van der Waals surface area contributed by atoms with E-state index in [4.69, 9.17) is 5.73 Å². The number of fused-ring (bicyclic) bond motifs is 2. The molecule has 0 atom stereocenters. The maximum atomic E-state index is 13.7. The molecule has 2 aliphatic rings. The van der Waals surface area contributed by atoms with E-state index in [2.05, 4.69) is 10.4 Å². The minimum absolute atomic E-state index is 0.0528. The molecule has 1 aromatic heterocycles. The Hall–Kier alpha value is -3.99. The molecular weight excluding hydrogens is 449 g/mol. The number of nitrogens with one attached hydrogen (secondary N) is 1. The number of amides is 3. The van der Waals surface area contributed by atoms with Crippen LogP contribution in [0.15, 0.2) is 52.8 Å². The summed E-state index contributed by atoms with van der Waals surface area (Å²) in [6, 6.07) is 9.88. The van der Waals surface area contributed by atoms with E-state index in [9.17, 15) is 22.4 Å². The van der Waals surface area contributed by atoms with Gasteiger partial charge in [0.25, 0.3) is 5.91 Å². The molecule has 0 spiro atoms. The Kier molecular flexibility index (Phi) is 4.78. The average Bonchev–Trinajstić information content (AvgIpc) is 3.31. The molecule has 5 rings (SSSR count). The van der Waals surface area contributed by atoms with Gasteiger partial charge in [0.05, 0.1) is 29.2 Å². The second-order valence-electron chi connectivity index (χ2n) is 7.72. The van der Waals surface area contributed by atoms with Gasteiger partial charge in [-0.25, -0.2) is 17.6 Å². The minimum Gasteiger partial charge on any atom is -0.365 e. The van der Waals surface area contributed by atoms with Crippen LogP contribution in [0.2, 0.25) is 0 Å². The number of aromatic nitrogens is 2. The summed E-state index contributed by atoms with van der Waals surface area (Å²) in [5, 5.41) is 8.26. The topological polar surface area (TPSA) is 127 Å². The van der Waals surface area contributed by atoms with Crippen LogP contribution in [-0.2, 0) is 22.9 Å². The zero-order valence-electron chi connectivity index (χ0n) is 17.2. The molecule has 0 saturated heterocycles. The van der Waals surface area contributed by atoms with Crippen LogP contribution in [0.1, 0.15) is 21.6 Å². The van der Waals surface area contributed by atoms with Crippen LogP contribution in [0.5, 0.6) is 0 Å². The number of carbonyl (C=O) groups is 2. The van der Waals surface area contributed by atoms with Gasteiger partial charge in [-0.15, -0.1) is 0 Å². The van der Waals surface area contributed by atoms with Crippen molar-refractivity contribution in [3.63, 3.8) is 0 Å². The molecule has 0 bridgehead atoms. The van der Waals surface area contributed by atoms with Crippen molar-refractivity contribution in [1.82, 2.24) is 14.7 Å². The highest BCUT2D eigenvalue weighted by molar-refractivity contribution is 7.94. The summed E-state index contributed by atoms with van der Waals surface area (Å²) >= 11 is 0. The number of urea groups is 1. The SMILES string of the molecule is NC(=O)c1c(-c2cccc(F)c2)nn2c1CN(C(=O)Nc1ccc3c(c1)S(=O)(=O)C=C3)CC2. The standard InChI is InChI=1S/C22H18FN5O4S/c23-15-3-1-2-14(10-15)20-19(21(24)29)17-12-27(7-8-28(17)26-20)22(30)25-16-5-4-13-6-9-33(31,32)18(13)11-16/h1-6,9-11H,7-8,12H2,(H2,24,29)(H,25,30). The quantitative estimate of drug-likeness (QED) is 0.612. The third kappa shape index (κ3) is 3.65. The molecule has 2 aliphatic heterocycles. The first-order valence-corrected chi connectivity index (χ1v) is 11.6. The number of rotatable bonds is 3. The maximum Gasteiger partial charge on any atom is 0.322 e. The number of sulfone groups is 1. The molecule has 168 valence electrons. The molecule has 3 aromatic rings. The molecule has 0 aliphatic carbocycles. The zero-order chi connectivity index (χ0) is 23.3. The molecule has 0 fully saturated rings. The monoisotopic (exact) mass is 467 g/mol. The van der Waals surface area contributed by atoms with E-state index in [0.717, 1.165) is 5.41 Å². The van der Waals surface area contributed by atoms with Crippen LogP contribution in [0.25, 0.3) is 17.3 Å². The van der Waals surface area contributed by atoms with E-state index in [1.165, 1.54) is 35.2 Å². The Labute approximate surface area is 188 Å². The predicted molar refractivity (Wildman–Crippen MR) is 118 cm³/mol. The number of carbonyl (C=O) groups excluding carboxylic acids is 2. The lowest BCUT2D eigenvalue weighted by molar-refractivity contribution is 0.0997. The van der Waals surface area contributed by atoms with Gasteiger partial charge in [0.1, 0.15) is 11.5 Å². The van der Waals surface area contributed by atoms with Crippen LogP contribution in [-0.4, -0.2) is 41.6 Å². The number of halogens is 1. The van der Waals surface area contributed by atoms with E-state index in [1.54, 1.807) is 22.9 Å². The molecule has 9 nitrogen and oxygen atoms in total. The Balaban J connectivity index is 1.41. The van der Waals surface area contributed by atoms with Crippen molar-refractivity contribution >= 4 is 33.5 Å². The second kappa shape index (κ2) is 7.55. The molecule has 0 saturated carbocycles. The van der Waals surface area contributed by atoms with Crippen LogP contribution >= 0.6 is 0 Å². The van der Waals surface area contributed by atoms with Gasteiger partial charge in [-0.2, -0.15) is 5.10 Å². The van der Waals surface area contributed by atoms with Crippen molar-refractivity contribution in [3.05, 3.63) is 70.5 Å². The number of hydrogen-bond donors (Lipinski definition) is 2. The highest BCUT2D eigenvalue weighted by Gasteiger charge is 2.30. The van der Waals surface area contributed by atoms with Gasteiger partial charge in [0.2, 0.25) is 9.84 Å². The first kappa shape index (κ1) is 20.9. The van der Waals surface area contributed by atoms with Crippen LogP contribution in [0.3, 0.4) is 0 Å². The van der Waals surface area contributed by atoms with E-state index in [-0.39, 0.29) is 22.7 Å². The van der Waals surface area contributed by atoms with Crippen LogP contribution < -0.4 is 11.1 Å². The van der Waals surface area contributed by atoms with Crippen LogP contribution in [0.4, 0.5) is 14.9 Å². The first-order valence-electron chi connectivity index (χ1n) is 10.0. The number of hydrogen-bond acceptors (Lipinski definition) is 5. The summed E-state index contributed by atoms with van der Waals surface area (Å²) in [6.07, 6.45) is 1.50. The molecule has 0 radical (unpaired) electrons. The van der Waals surface area contributed by atoms with Gasteiger partial charge in [-0.05, 0) is 35.9 Å². The molecule has 3 amide bonds. The molecule has 2 aromatic carbocycles. The lowest BCUT2D eigenvalue weighted by Crippen LogP contribution is -2.41. The largest absolute Gasteiger partial charge is 0.365 e. The third-order valence-electron chi connectivity index (χ3n) is 5.61. The molecule has 0 unspecified atom stereocenters. The van der Waals surface area contributed by atoms with Gasteiger partial charge < -0.3 is 16.0 Å². The summed E-state index contributed by atoms with van der Waals surface area (Å²) in [5.41, 5.74) is 7.76. The van der Waals surface area contributed by atoms with Gasteiger partial charge >= 0.3 is 6.03 Å². The highest BCUT2D eigenvalue weighted by Crippen LogP contribution is 2.31. The van der Waals surface area contributed by atoms with E-state index in [1.807, 2.05) is 0 Å². The molecule has 3 heterocycles. The summed E-state index contributed by atoms with van der Waals surface area (Å²) in [4.78, 5) is 26.7. The van der Waals surface area contributed by atoms with Gasteiger partial charge in [-0.3, -0.25) is 9.48 Å². The fourth-order valence-electron chi connectivity index (χ4n) is 4.02. The van der Waals surface area contributed by atoms with Gasteiger partial charge in [0, 0.05) is 23.2 Å². The van der Waals surface area contributed by atoms with E-state index < -0.39 is 27.6 Å². The summed E-state index contributed by atoms with van der Waals surface area (Å²) < 4.78 is 39.5. The summed E-state index contributed by atoms with van der Waals surface area (Å²) in [7, 11) is -3.51. The zero-order valence-corrected chi connectivity index (χ0v) is 18.0. The number of nitrogens with zero attached hydrogens (tertiary/aromatic N) is 3. The van der Waals surface area contributed by atoms with E-state index >= 15 is 0 Å². The minimum atomic E-state index is -3.51. The lowest BCUT2D eigenvalue weighted by Gasteiger charge is -2.28.